The van der Waals surface area contributed by atoms with Crippen LogP contribution >= 0.6 is 22.6 Å². The summed E-state index contributed by atoms with van der Waals surface area (Å²) < 4.78 is 27.6. The topological polar surface area (TPSA) is 17.1 Å². The first-order valence-corrected chi connectivity index (χ1v) is 6.38. The van der Waals surface area contributed by atoms with E-state index in [9.17, 15) is 13.6 Å². The van der Waals surface area contributed by atoms with E-state index in [0.717, 1.165) is 15.7 Å². The largest absolute Gasteiger partial charge is 0.294 e. The van der Waals surface area contributed by atoms with Crippen molar-refractivity contribution in [1.29, 1.82) is 0 Å². The molecule has 0 N–H and O–H groups in total. The second-order valence-electron chi connectivity index (χ2n) is 3.78. The molecule has 0 amide bonds. The Kier molecular flexibility index (Phi) is 4.06. The fourth-order valence-corrected chi connectivity index (χ4v) is 2.33. The van der Waals surface area contributed by atoms with Crippen molar-refractivity contribution in [2.24, 2.45) is 0 Å². The molecule has 0 aliphatic carbocycles. The van der Waals surface area contributed by atoms with Gasteiger partial charge in [0.1, 0.15) is 11.6 Å². The van der Waals surface area contributed by atoms with Gasteiger partial charge in [0.15, 0.2) is 5.78 Å². The molecule has 0 aliphatic heterocycles. The van der Waals surface area contributed by atoms with E-state index in [-0.39, 0.29) is 17.8 Å². The van der Waals surface area contributed by atoms with Gasteiger partial charge in [0.05, 0.1) is 0 Å². The standard InChI is InChI=1S/C14H9F2IO/c15-11-5-3-6-12(16)10(11)8-14(18)9-4-1-2-7-13(9)17/h1-7H,8H2. The van der Waals surface area contributed by atoms with Crippen LogP contribution in [0.3, 0.4) is 0 Å². The normalized spacial score (nSPS) is 10.4. The van der Waals surface area contributed by atoms with Crippen LogP contribution in [0.15, 0.2) is 42.5 Å². The van der Waals surface area contributed by atoms with E-state index in [0.29, 0.717) is 5.56 Å². The van der Waals surface area contributed by atoms with Gasteiger partial charge in [-0.25, -0.2) is 8.78 Å². The Morgan fingerprint density at radius 3 is 2.22 bits per heavy atom. The summed E-state index contributed by atoms with van der Waals surface area (Å²) in [6.45, 7) is 0. The van der Waals surface area contributed by atoms with Crippen LogP contribution in [0.4, 0.5) is 8.78 Å². The molecule has 0 heterocycles. The molecule has 0 radical (unpaired) electrons. The number of ketones is 1. The van der Waals surface area contributed by atoms with Crippen LogP contribution in [0.1, 0.15) is 15.9 Å². The summed E-state index contributed by atoms with van der Waals surface area (Å²) in [5, 5.41) is 0. The van der Waals surface area contributed by atoms with Crippen molar-refractivity contribution in [3.8, 4) is 0 Å². The second-order valence-corrected chi connectivity index (χ2v) is 4.94. The number of hydrogen-bond donors (Lipinski definition) is 0. The SMILES string of the molecule is O=C(Cc1c(F)cccc1F)c1ccccc1I. The van der Waals surface area contributed by atoms with E-state index < -0.39 is 11.6 Å². The van der Waals surface area contributed by atoms with Crippen molar-refractivity contribution in [3.63, 3.8) is 0 Å². The first-order valence-electron chi connectivity index (χ1n) is 5.30. The predicted molar refractivity (Wildman–Crippen MR) is 73.6 cm³/mol. The Morgan fingerprint density at radius 1 is 1.00 bits per heavy atom. The monoisotopic (exact) mass is 358 g/mol. The molecule has 0 bridgehead atoms. The lowest BCUT2D eigenvalue weighted by Crippen LogP contribution is -2.08. The second kappa shape index (κ2) is 5.56. The molecular formula is C14H9F2IO. The Bertz CT molecular complexity index is 576. The Morgan fingerprint density at radius 2 is 1.61 bits per heavy atom. The third kappa shape index (κ3) is 2.75. The van der Waals surface area contributed by atoms with E-state index in [1.807, 2.05) is 28.7 Å². The summed E-state index contributed by atoms with van der Waals surface area (Å²) in [5.41, 5.74) is 0.308. The minimum atomic E-state index is -0.686. The highest BCUT2D eigenvalue weighted by Gasteiger charge is 2.15. The Labute approximate surface area is 117 Å². The maximum atomic E-state index is 13.4. The maximum Gasteiger partial charge on any atom is 0.168 e. The Balaban J connectivity index is 2.30. The lowest BCUT2D eigenvalue weighted by molar-refractivity contribution is 0.0989. The zero-order valence-electron chi connectivity index (χ0n) is 9.29. The first kappa shape index (κ1) is 13.1. The van der Waals surface area contributed by atoms with Crippen LogP contribution in [0.5, 0.6) is 0 Å². The molecule has 0 aliphatic rings. The average molecular weight is 358 g/mol. The highest BCUT2D eigenvalue weighted by atomic mass is 127. The van der Waals surface area contributed by atoms with Crippen molar-refractivity contribution in [1.82, 2.24) is 0 Å². The summed E-state index contributed by atoms with van der Waals surface area (Å²) >= 11 is 2.03. The van der Waals surface area contributed by atoms with Gasteiger partial charge in [-0.15, -0.1) is 0 Å². The number of carbonyl (C=O) groups is 1. The number of benzene rings is 2. The number of carbonyl (C=O) groups excluding carboxylic acids is 1. The summed E-state index contributed by atoms with van der Waals surface area (Å²) in [7, 11) is 0. The molecule has 0 saturated carbocycles. The highest BCUT2D eigenvalue weighted by Crippen LogP contribution is 2.18. The number of Topliss-reactive ketones (excluding diaryl/α,β-unsaturated/α-hetero) is 1. The fourth-order valence-electron chi connectivity index (χ4n) is 1.64. The molecule has 2 aromatic carbocycles. The molecule has 92 valence electrons. The van der Waals surface area contributed by atoms with Crippen LogP contribution < -0.4 is 0 Å². The zero-order chi connectivity index (χ0) is 13.1. The smallest absolute Gasteiger partial charge is 0.168 e. The van der Waals surface area contributed by atoms with E-state index >= 15 is 0 Å². The average Bonchev–Trinajstić information content (AvgIpc) is 2.34. The van der Waals surface area contributed by atoms with Gasteiger partial charge in [0.2, 0.25) is 0 Å². The van der Waals surface area contributed by atoms with Gasteiger partial charge in [0, 0.05) is 21.1 Å². The van der Waals surface area contributed by atoms with E-state index in [1.54, 1.807) is 18.2 Å². The number of halogens is 3. The molecule has 0 saturated heterocycles. The molecule has 4 heteroatoms. The highest BCUT2D eigenvalue weighted by molar-refractivity contribution is 14.1. The first-order chi connectivity index (χ1) is 8.59. The fraction of sp³-hybridized carbons (Fsp3) is 0.0714. The molecule has 2 aromatic rings. The molecule has 1 nitrogen and oxygen atoms in total. The zero-order valence-corrected chi connectivity index (χ0v) is 11.4. The van der Waals surface area contributed by atoms with Crippen LogP contribution in [-0.2, 0) is 6.42 Å². The van der Waals surface area contributed by atoms with E-state index in [1.165, 1.54) is 6.07 Å². The van der Waals surface area contributed by atoms with Gasteiger partial charge in [-0.1, -0.05) is 24.3 Å². The molecular weight excluding hydrogens is 349 g/mol. The molecule has 2 rings (SSSR count). The summed E-state index contributed by atoms with van der Waals surface area (Å²) in [4.78, 5) is 12.0. The van der Waals surface area contributed by atoms with Crippen LogP contribution in [0.2, 0.25) is 0 Å². The summed E-state index contributed by atoms with van der Waals surface area (Å²) in [6, 6.07) is 10.6. The number of rotatable bonds is 3. The van der Waals surface area contributed by atoms with Gasteiger partial charge >= 0.3 is 0 Å². The van der Waals surface area contributed by atoms with E-state index in [4.69, 9.17) is 0 Å². The van der Waals surface area contributed by atoms with Crippen LogP contribution in [0, 0.1) is 15.2 Å². The van der Waals surface area contributed by atoms with Crippen molar-refractivity contribution < 1.29 is 13.6 Å². The molecule has 0 atom stereocenters. The lowest BCUT2D eigenvalue weighted by atomic mass is 10.0. The predicted octanol–water partition coefficient (Wildman–Crippen LogP) is 3.99. The van der Waals surface area contributed by atoms with Gasteiger partial charge in [-0.3, -0.25) is 4.79 Å². The van der Waals surface area contributed by atoms with Crippen molar-refractivity contribution >= 4 is 28.4 Å². The molecule has 0 spiro atoms. The van der Waals surface area contributed by atoms with E-state index in [2.05, 4.69) is 0 Å². The third-order valence-electron chi connectivity index (χ3n) is 2.57. The Hall–Kier alpha value is -1.30. The minimum Gasteiger partial charge on any atom is -0.294 e. The molecule has 0 aromatic heterocycles. The van der Waals surface area contributed by atoms with Gasteiger partial charge in [0.25, 0.3) is 0 Å². The maximum absolute atomic E-state index is 13.4. The van der Waals surface area contributed by atoms with Crippen molar-refractivity contribution in [2.45, 2.75) is 6.42 Å². The number of hydrogen-bond acceptors (Lipinski definition) is 1. The van der Waals surface area contributed by atoms with Gasteiger partial charge in [-0.05, 0) is 40.8 Å². The van der Waals surface area contributed by atoms with Gasteiger partial charge < -0.3 is 0 Å². The third-order valence-corrected chi connectivity index (χ3v) is 3.51. The summed E-state index contributed by atoms with van der Waals surface area (Å²) in [5.74, 6) is -1.66. The molecule has 18 heavy (non-hydrogen) atoms. The summed E-state index contributed by atoms with van der Waals surface area (Å²) in [6.07, 6.45) is -0.265. The molecule has 0 fully saturated rings. The quantitative estimate of drug-likeness (QED) is 0.599. The van der Waals surface area contributed by atoms with Crippen molar-refractivity contribution in [3.05, 3.63) is 68.8 Å². The lowest BCUT2D eigenvalue weighted by Gasteiger charge is -2.05. The minimum absolute atomic E-state index is 0.179. The van der Waals surface area contributed by atoms with Gasteiger partial charge in [-0.2, -0.15) is 0 Å². The van der Waals surface area contributed by atoms with Crippen LogP contribution in [-0.4, -0.2) is 5.78 Å². The molecule has 0 unspecified atom stereocenters. The van der Waals surface area contributed by atoms with Crippen molar-refractivity contribution in [2.75, 3.05) is 0 Å². The van der Waals surface area contributed by atoms with Crippen LogP contribution in [0.25, 0.3) is 0 Å².